The number of halogens is 2. The third kappa shape index (κ3) is 3.58. The number of aromatic amines is 1. The van der Waals surface area contributed by atoms with Crippen LogP contribution in [0.3, 0.4) is 0 Å². The highest BCUT2D eigenvalue weighted by Crippen LogP contribution is 2.35. The van der Waals surface area contributed by atoms with E-state index in [2.05, 4.69) is 34.5 Å². The molecule has 118 valence electrons. The minimum atomic E-state index is 0.156. The van der Waals surface area contributed by atoms with Crippen molar-refractivity contribution in [1.29, 1.82) is 0 Å². The Bertz CT molecular complexity index is 767. The normalized spacial score (nSPS) is 12.3. The van der Waals surface area contributed by atoms with Crippen LogP contribution >= 0.6 is 23.2 Å². The molecule has 3 rings (SSSR count). The van der Waals surface area contributed by atoms with Crippen molar-refractivity contribution in [2.45, 2.75) is 12.3 Å². The largest absolute Gasteiger partial charge is 0.330 e. The average Bonchev–Trinajstić information content (AvgIpc) is 3.08. The molecule has 0 bridgehead atoms. The summed E-state index contributed by atoms with van der Waals surface area (Å²) >= 11 is 12.4. The lowest BCUT2D eigenvalue weighted by Crippen LogP contribution is -2.09. The Morgan fingerprint density at radius 1 is 1.04 bits per heavy atom. The van der Waals surface area contributed by atoms with Crippen LogP contribution in [0, 0.1) is 0 Å². The summed E-state index contributed by atoms with van der Waals surface area (Å²) in [4.78, 5) is 0. The van der Waals surface area contributed by atoms with Gasteiger partial charge in [-0.3, -0.25) is 5.10 Å². The zero-order valence-electron chi connectivity index (χ0n) is 12.5. The quantitative estimate of drug-likeness (QED) is 0.693. The van der Waals surface area contributed by atoms with Crippen LogP contribution in [0.25, 0.3) is 11.1 Å². The summed E-state index contributed by atoms with van der Waals surface area (Å²) in [5.74, 6) is 0.156. The van der Waals surface area contributed by atoms with E-state index in [1.807, 2.05) is 24.5 Å². The molecule has 0 saturated heterocycles. The Hall–Kier alpha value is -1.81. The first-order valence-electron chi connectivity index (χ1n) is 7.43. The van der Waals surface area contributed by atoms with Crippen molar-refractivity contribution < 1.29 is 0 Å². The van der Waals surface area contributed by atoms with Gasteiger partial charge >= 0.3 is 0 Å². The van der Waals surface area contributed by atoms with Crippen LogP contribution in [0.5, 0.6) is 0 Å². The van der Waals surface area contributed by atoms with Crippen molar-refractivity contribution in [3.05, 3.63) is 76.0 Å². The fourth-order valence-electron chi connectivity index (χ4n) is 2.77. The fourth-order valence-corrected chi connectivity index (χ4v) is 3.31. The Morgan fingerprint density at radius 3 is 2.43 bits per heavy atom. The topological polar surface area (TPSA) is 54.7 Å². The highest BCUT2D eigenvalue weighted by Gasteiger charge is 2.17. The lowest BCUT2D eigenvalue weighted by molar-refractivity contribution is 0.726. The summed E-state index contributed by atoms with van der Waals surface area (Å²) in [6, 6.07) is 14.0. The average molecular weight is 346 g/mol. The fraction of sp³-hybridized carbons (Fsp3) is 0.167. The summed E-state index contributed by atoms with van der Waals surface area (Å²) in [7, 11) is 0. The smallest absolute Gasteiger partial charge is 0.0565 e. The number of hydrogen-bond acceptors (Lipinski definition) is 2. The highest BCUT2D eigenvalue weighted by atomic mass is 35.5. The molecule has 3 nitrogen and oxygen atoms in total. The molecule has 0 amide bonds. The van der Waals surface area contributed by atoms with Gasteiger partial charge in [0.1, 0.15) is 0 Å². The standard InChI is InChI=1S/C18H17Cl2N3/c19-15-5-6-17(18(20)9-15)16(7-8-21)13-3-1-12(2-4-13)14-10-22-23-11-14/h1-6,9-11,16H,7-8,21H2,(H,22,23). The van der Waals surface area contributed by atoms with Crippen LogP contribution in [0.1, 0.15) is 23.5 Å². The van der Waals surface area contributed by atoms with Gasteiger partial charge in [0.15, 0.2) is 0 Å². The van der Waals surface area contributed by atoms with Crippen LogP contribution in [-0.2, 0) is 0 Å². The minimum Gasteiger partial charge on any atom is -0.330 e. The molecule has 3 aromatic rings. The minimum absolute atomic E-state index is 0.156. The van der Waals surface area contributed by atoms with Crippen LogP contribution in [0.15, 0.2) is 54.9 Å². The van der Waals surface area contributed by atoms with Crippen molar-refractivity contribution in [2.24, 2.45) is 5.73 Å². The molecule has 0 radical (unpaired) electrons. The van der Waals surface area contributed by atoms with Gasteiger partial charge in [-0.15, -0.1) is 0 Å². The third-order valence-corrected chi connectivity index (χ3v) is 4.50. The van der Waals surface area contributed by atoms with Crippen molar-refractivity contribution in [3.63, 3.8) is 0 Å². The molecule has 0 spiro atoms. The summed E-state index contributed by atoms with van der Waals surface area (Å²) in [5, 5.41) is 8.12. The zero-order chi connectivity index (χ0) is 16.2. The summed E-state index contributed by atoms with van der Waals surface area (Å²) in [6.45, 7) is 0.590. The molecule has 0 fully saturated rings. The molecule has 2 aromatic carbocycles. The number of nitrogens with zero attached hydrogens (tertiary/aromatic N) is 1. The second-order valence-corrected chi connectivity index (χ2v) is 6.25. The molecule has 0 aliphatic rings. The molecule has 5 heteroatoms. The lowest BCUT2D eigenvalue weighted by Gasteiger charge is -2.19. The monoisotopic (exact) mass is 345 g/mol. The van der Waals surface area contributed by atoms with Crippen LogP contribution in [0.4, 0.5) is 0 Å². The van der Waals surface area contributed by atoms with E-state index in [9.17, 15) is 0 Å². The molecular formula is C18H17Cl2N3. The van der Waals surface area contributed by atoms with Gasteiger partial charge in [0.05, 0.1) is 6.20 Å². The zero-order valence-corrected chi connectivity index (χ0v) is 14.0. The van der Waals surface area contributed by atoms with Gasteiger partial charge in [-0.25, -0.2) is 0 Å². The predicted molar refractivity (Wildman–Crippen MR) is 96.0 cm³/mol. The maximum Gasteiger partial charge on any atom is 0.0565 e. The molecule has 1 unspecified atom stereocenters. The summed E-state index contributed by atoms with van der Waals surface area (Å²) < 4.78 is 0. The van der Waals surface area contributed by atoms with Gasteiger partial charge in [0.25, 0.3) is 0 Å². The summed E-state index contributed by atoms with van der Waals surface area (Å²) in [5.41, 5.74) is 10.2. The third-order valence-electron chi connectivity index (χ3n) is 3.94. The van der Waals surface area contributed by atoms with Gasteiger partial charge < -0.3 is 5.73 Å². The van der Waals surface area contributed by atoms with Crippen LogP contribution < -0.4 is 5.73 Å². The van der Waals surface area contributed by atoms with Gasteiger partial charge in [0, 0.05) is 27.7 Å². The second kappa shape index (κ2) is 7.18. The number of rotatable bonds is 5. The molecule has 3 N–H and O–H groups in total. The first-order valence-corrected chi connectivity index (χ1v) is 8.18. The highest BCUT2D eigenvalue weighted by molar-refractivity contribution is 6.35. The van der Waals surface area contributed by atoms with E-state index in [0.717, 1.165) is 23.1 Å². The molecular weight excluding hydrogens is 329 g/mol. The second-order valence-electron chi connectivity index (χ2n) is 5.40. The Balaban J connectivity index is 1.94. The maximum absolute atomic E-state index is 6.38. The van der Waals surface area contributed by atoms with Crippen LogP contribution in [0.2, 0.25) is 10.0 Å². The number of aromatic nitrogens is 2. The number of benzene rings is 2. The van der Waals surface area contributed by atoms with E-state index in [1.165, 1.54) is 5.56 Å². The van der Waals surface area contributed by atoms with Crippen molar-refractivity contribution >= 4 is 23.2 Å². The molecule has 0 aliphatic heterocycles. The van der Waals surface area contributed by atoms with Crippen LogP contribution in [-0.4, -0.2) is 16.7 Å². The first kappa shape index (κ1) is 16.1. The van der Waals surface area contributed by atoms with Gasteiger partial charge in [-0.1, -0.05) is 53.5 Å². The Morgan fingerprint density at radius 2 is 1.83 bits per heavy atom. The Labute approximate surface area is 145 Å². The maximum atomic E-state index is 6.38. The molecule has 23 heavy (non-hydrogen) atoms. The number of H-pyrrole nitrogens is 1. The van der Waals surface area contributed by atoms with E-state index in [1.54, 1.807) is 6.07 Å². The predicted octanol–water partition coefficient (Wildman–Crippen LogP) is 4.86. The molecule has 1 atom stereocenters. The van der Waals surface area contributed by atoms with Gasteiger partial charge in [-0.2, -0.15) is 5.10 Å². The SMILES string of the molecule is NCCC(c1ccc(-c2cn[nH]c2)cc1)c1ccc(Cl)cc1Cl. The van der Waals surface area contributed by atoms with E-state index in [0.29, 0.717) is 16.6 Å². The number of nitrogens with two attached hydrogens (primary N) is 1. The first-order chi connectivity index (χ1) is 11.2. The summed E-state index contributed by atoms with van der Waals surface area (Å²) in [6.07, 6.45) is 4.51. The van der Waals surface area contributed by atoms with Crippen molar-refractivity contribution in [1.82, 2.24) is 10.2 Å². The van der Waals surface area contributed by atoms with E-state index in [4.69, 9.17) is 28.9 Å². The van der Waals surface area contributed by atoms with Crippen molar-refractivity contribution in [2.75, 3.05) is 6.54 Å². The molecule has 0 saturated carbocycles. The van der Waals surface area contributed by atoms with E-state index >= 15 is 0 Å². The number of nitrogens with one attached hydrogen (secondary N) is 1. The number of hydrogen-bond donors (Lipinski definition) is 2. The Kier molecular flexibility index (Phi) is 5.01. The van der Waals surface area contributed by atoms with E-state index in [-0.39, 0.29) is 5.92 Å². The van der Waals surface area contributed by atoms with Crippen molar-refractivity contribution in [3.8, 4) is 11.1 Å². The van der Waals surface area contributed by atoms with Gasteiger partial charge in [-0.05, 0) is 41.8 Å². The molecule has 1 heterocycles. The lowest BCUT2D eigenvalue weighted by atomic mass is 9.88. The molecule has 1 aromatic heterocycles. The molecule has 0 aliphatic carbocycles. The van der Waals surface area contributed by atoms with Gasteiger partial charge in [0.2, 0.25) is 0 Å². The van der Waals surface area contributed by atoms with E-state index < -0.39 is 0 Å².